The Morgan fingerprint density at radius 2 is 1.18 bits per heavy atom. The van der Waals surface area contributed by atoms with Crippen molar-refractivity contribution in [2.45, 2.75) is 0 Å². The number of carboxylic acid groups (broad SMARTS) is 3. The molecule has 0 heterocycles. The van der Waals surface area contributed by atoms with E-state index in [0.29, 0.717) is 0 Å². The summed E-state index contributed by atoms with van der Waals surface area (Å²) in [5, 5.41) is 26.8. The van der Waals surface area contributed by atoms with E-state index in [1.54, 1.807) is 0 Å². The van der Waals surface area contributed by atoms with Gasteiger partial charge >= 0.3 is 17.9 Å². The van der Waals surface area contributed by atoms with Gasteiger partial charge in [0.25, 0.3) is 0 Å². The second kappa shape index (κ2) is 5.96. The van der Waals surface area contributed by atoms with E-state index in [-0.39, 0.29) is 28.2 Å². The van der Waals surface area contributed by atoms with Crippen LogP contribution in [0.3, 0.4) is 0 Å². The van der Waals surface area contributed by atoms with E-state index >= 15 is 0 Å². The lowest BCUT2D eigenvalue weighted by Crippen LogP contribution is -2.03. The largest absolute Gasteiger partial charge is 0.478 e. The maximum atomic E-state index is 11.0. The topological polar surface area (TPSA) is 121 Å². The molecule has 112 valence electrons. The second-order valence-corrected chi connectivity index (χ2v) is 4.29. The summed E-state index contributed by atoms with van der Waals surface area (Å²) in [7, 11) is 0. The molecule has 0 saturated heterocycles. The van der Waals surface area contributed by atoms with Crippen LogP contribution in [0, 0.1) is 0 Å². The molecule has 0 amide bonds. The molecule has 0 aliphatic heterocycles. The summed E-state index contributed by atoms with van der Waals surface area (Å²) in [5.74, 6) is -3.60. The van der Waals surface area contributed by atoms with Crippen LogP contribution >= 0.6 is 0 Å². The Kier molecular flexibility index (Phi) is 4.08. The van der Waals surface area contributed by atoms with Gasteiger partial charge in [0.15, 0.2) is 0 Å². The van der Waals surface area contributed by atoms with E-state index in [2.05, 4.69) is 0 Å². The van der Waals surface area contributed by atoms with Crippen molar-refractivity contribution in [2.75, 3.05) is 0 Å². The highest BCUT2D eigenvalue weighted by Gasteiger charge is 2.13. The Morgan fingerprint density at radius 1 is 0.682 bits per heavy atom. The van der Waals surface area contributed by atoms with E-state index in [1.165, 1.54) is 24.3 Å². The van der Waals surface area contributed by atoms with E-state index in [1.807, 2.05) is 0 Å². The summed E-state index contributed by atoms with van der Waals surface area (Å²) in [4.78, 5) is 32.9. The third kappa shape index (κ3) is 3.40. The number of hydrogen-bond donors (Lipinski definition) is 3. The van der Waals surface area contributed by atoms with E-state index in [9.17, 15) is 14.4 Å². The normalized spacial score (nSPS) is 10.0. The third-order valence-corrected chi connectivity index (χ3v) is 2.72. The van der Waals surface area contributed by atoms with Gasteiger partial charge in [0.05, 0.1) is 16.7 Å². The minimum Gasteiger partial charge on any atom is -0.478 e. The highest BCUT2D eigenvalue weighted by molar-refractivity contribution is 5.94. The van der Waals surface area contributed by atoms with Gasteiger partial charge in [-0.2, -0.15) is 0 Å². The van der Waals surface area contributed by atoms with Crippen LogP contribution in [0.1, 0.15) is 31.1 Å². The van der Waals surface area contributed by atoms with Crippen LogP contribution in [0.25, 0.3) is 0 Å². The lowest BCUT2D eigenvalue weighted by molar-refractivity contribution is 0.0682. The van der Waals surface area contributed by atoms with Crippen molar-refractivity contribution in [2.24, 2.45) is 0 Å². The lowest BCUT2D eigenvalue weighted by Gasteiger charge is -2.08. The first kappa shape index (κ1) is 15.0. The Labute approximate surface area is 124 Å². The molecule has 0 fully saturated rings. The maximum absolute atomic E-state index is 11.0. The number of rotatable bonds is 5. The fourth-order valence-corrected chi connectivity index (χ4v) is 1.73. The molecule has 0 aliphatic rings. The Bertz CT molecular complexity index is 732. The average Bonchev–Trinajstić information content (AvgIpc) is 2.47. The Balaban J connectivity index is 2.40. The van der Waals surface area contributed by atoms with Crippen LogP contribution in [0.5, 0.6) is 11.5 Å². The van der Waals surface area contributed by atoms with Gasteiger partial charge < -0.3 is 20.1 Å². The van der Waals surface area contributed by atoms with E-state index in [0.717, 1.165) is 18.2 Å². The summed E-state index contributed by atoms with van der Waals surface area (Å²) in [5.41, 5.74) is -0.501. The van der Waals surface area contributed by atoms with Crippen LogP contribution in [0.15, 0.2) is 42.5 Å². The maximum Gasteiger partial charge on any atom is 0.335 e. The summed E-state index contributed by atoms with van der Waals surface area (Å²) < 4.78 is 5.36. The first-order valence-corrected chi connectivity index (χ1v) is 5.99. The number of carboxylic acids is 3. The second-order valence-electron chi connectivity index (χ2n) is 4.29. The lowest BCUT2D eigenvalue weighted by atomic mass is 10.1. The van der Waals surface area contributed by atoms with Crippen molar-refractivity contribution >= 4 is 17.9 Å². The molecule has 2 aromatic rings. The van der Waals surface area contributed by atoms with Gasteiger partial charge in [-0.1, -0.05) is 6.07 Å². The SMILES string of the molecule is O=C(O)c1cccc(Oc2cc(C(=O)O)cc(C(=O)O)c2)c1. The molecule has 7 heteroatoms. The predicted molar refractivity (Wildman–Crippen MR) is 73.8 cm³/mol. The van der Waals surface area contributed by atoms with Gasteiger partial charge in [-0.05, 0) is 36.4 Å². The number of carbonyl (C=O) groups is 3. The summed E-state index contributed by atoms with van der Waals surface area (Å²) >= 11 is 0. The molecule has 0 spiro atoms. The molecule has 0 atom stereocenters. The van der Waals surface area contributed by atoms with Crippen LogP contribution in [-0.2, 0) is 0 Å². The van der Waals surface area contributed by atoms with Gasteiger partial charge in [-0.3, -0.25) is 0 Å². The molecule has 0 saturated carbocycles. The molecule has 0 radical (unpaired) electrons. The Morgan fingerprint density at radius 3 is 1.68 bits per heavy atom. The molecule has 2 rings (SSSR count). The summed E-state index contributed by atoms with van der Waals surface area (Å²) in [6.45, 7) is 0. The molecule has 7 nitrogen and oxygen atoms in total. The standard InChI is InChI=1S/C15H10O7/c16-13(17)8-2-1-3-11(5-8)22-12-6-9(14(18)19)4-10(7-12)15(20)21/h1-7H,(H,16,17)(H,18,19)(H,20,21). The number of hydrogen-bond acceptors (Lipinski definition) is 4. The first-order valence-electron chi connectivity index (χ1n) is 5.99. The first-order chi connectivity index (χ1) is 10.4. The predicted octanol–water partition coefficient (Wildman–Crippen LogP) is 2.57. The molecule has 0 aromatic heterocycles. The quantitative estimate of drug-likeness (QED) is 0.776. The van der Waals surface area contributed by atoms with Gasteiger partial charge in [0.2, 0.25) is 0 Å². The van der Waals surface area contributed by atoms with Crippen LogP contribution in [0.2, 0.25) is 0 Å². The van der Waals surface area contributed by atoms with Crippen LogP contribution in [0.4, 0.5) is 0 Å². The molecule has 3 N–H and O–H groups in total. The van der Waals surface area contributed by atoms with Gasteiger partial charge in [0.1, 0.15) is 11.5 Å². The summed E-state index contributed by atoms with van der Waals surface area (Å²) in [6, 6.07) is 8.86. The van der Waals surface area contributed by atoms with E-state index < -0.39 is 17.9 Å². The molecular weight excluding hydrogens is 292 g/mol. The zero-order valence-corrected chi connectivity index (χ0v) is 11.0. The zero-order valence-electron chi connectivity index (χ0n) is 11.0. The highest BCUT2D eigenvalue weighted by Crippen LogP contribution is 2.25. The van der Waals surface area contributed by atoms with Crippen molar-refractivity contribution in [3.05, 3.63) is 59.2 Å². The molecule has 0 aliphatic carbocycles. The monoisotopic (exact) mass is 302 g/mol. The molecular formula is C15H10O7. The Hall–Kier alpha value is -3.35. The third-order valence-electron chi connectivity index (χ3n) is 2.72. The average molecular weight is 302 g/mol. The zero-order chi connectivity index (χ0) is 16.3. The van der Waals surface area contributed by atoms with Crippen molar-refractivity contribution in [1.82, 2.24) is 0 Å². The summed E-state index contributed by atoms with van der Waals surface area (Å²) in [6.07, 6.45) is 0. The molecule has 2 aromatic carbocycles. The minimum absolute atomic E-state index is 0.00894. The minimum atomic E-state index is -1.30. The molecule has 0 unspecified atom stereocenters. The fraction of sp³-hybridized carbons (Fsp3) is 0. The van der Waals surface area contributed by atoms with Crippen LogP contribution in [-0.4, -0.2) is 33.2 Å². The van der Waals surface area contributed by atoms with Crippen molar-refractivity contribution in [3.63, 3.8) is 0 Å². The smallest absolute Gasteiger partial charge is 0.335 e. The molecule has 0 bridgehead atoms. The van der Waals surface area contributed by atoms with E-state index in [4.69, 9.17) is 20.1 Å². The fourth-order valence-electron chi connectivity index (χ4n) is 1.73. The van der Waals surface area contributed by atoms with Crippen molar-refractivity contribution in [3.8, 4) is 11.5 Å². The number of benzene rings is 2. The molecule has 22 heavy (non-hydrogen) atoms. The van der Waals surface area contributed by atoms with Crippen molar-refractivity contribution in [1.29, 1.82) is 0 Å². The van der Waals surface area contributed by atoms with Crippen LogP contribution < -0.4 is 4.74 Å². The van der Waals surface area contributed by atoms with Gasteiger partial charge in [-0.25, -0.2) is 14.4 Å². The number of ether oxygens (including phenoxy) is 1. The number of aromatic carboxylic acids is 3. The van der Waals surface area contributed by atoms with Gasteiger partial charge in [-0.15, -0.1) is 0 Å². The van der Waals surface area contributed by atoms with Gasteiger partial charge in [0, 0.05) is 0 Å². The van der Waals surface area contributed by atoms with Crippen molar-refractivity contribution < 1.29 is 34.4 Å². The highest BCUT2D eigenvalue weighted by atomic mass is 16.5.